The van der Waals surface area contributed by atoms with Crippen molar-refractivity contribution >= 4 is 23.2 Å². The van der Waals surface area contributed by atoms with Gasteiger partial charge in [0.2, 0.25) is 0 Å². The first-order chi connectivity index (χ1) is 11.9. The Labute approximate surface area is 153 Å². The van der Waals surface area contributed by atoms with E-state index in [9.17, 15) is 4.79 Å². The van der Waals surface area contributed by atoms with Gasteiger partial charge < -0.3 is 4.74 Å². The highest BCUT2D eigenvalue weighted by atomic mass is 35.5. The van der Waals surface area contributed by atoms with Gasteiger partial charge in [-0.2, -0.15) is 5.10 Å². The summed E-state index contributed by atoms with van der Waals surface area (Å²) in [5.41, 5.74) is 6.41. The van der Waals surface area contributed by atoms with Gasteiger partial charge in [0.05, 0.1) is 5.71 Å². The maximum Gasteiger partial charge on any atom is 0.280 e. The Kier molecular flexibility index (Phi) is 6.59. The molecule has 0 bridgehead atoms. The lowest BCUT2D eigenvalue weighted by Gasteiger charge is -2.15. The maximum atomic E-state index is 12.2. The van der Waals surface area contributed by atoms with Crippen LogP contribution in [-0.2, 0) is 11.2 Å². The maximum absolute atomic E-state index is 12.2. The van der Waals surface area contributed by atoms with Crippen LogP contribution in [0.25, 0.3) is 0 Å². The van der Waals surface area contributed by atoms with Crippen LogP contribution < -0.4 is 10.2 Å². The summed E-state index contributed by atoms with van der Waals surface area (Å²) in [7, 11) is 0. The molecule has 1 atom stereocenters. The van der Waals surface area contributed by atoms with Crippen molar-refractivity contribution in [1.29, 1.82) is 0 Å². The van der Waals surface area contributed by atoms with Crippen molar-refractivity contribution in [2.24, 2.45) is 5.10 Å². The first-order valence-corrected chi connectivity index (χ1v) is 8.64. The second-order valence-electron chi connectivity index (χ2n) is 5.89. The molecule has 1 amide bonds. The lowest BCUT2D eigenvalue weighted by molar-refractivity contribution is -0.127. The first-order valence-electron chi connectivity index (χ1n) is 8.27. The Morgan fingerprint density at radius 3 is 2.52 bits per heavy atom. The number of carbonyl (C=O) groups excluding carboxylic acids is 1. The average molecular weight is 359 g/mol. The van der Waals surface area contributed by atoms with Gasteiger partial charge in [-0.15, -0.1) is 0 Å². The molecule has 0 aliphatic carbocycles. The highest BCUT2D eigenvalue weighted by Gasteiger charge is 2.15. The number of aryl methyl sites for hydroxylation is 2. The zero-order chi connectivity index (χ0) is 18.4. The predicted octanol–water partition coefficient (Wildman–Crippen LogP) is 4.52. The van der Waals surface area contributed by atoms with Gasteiger partial charge in [-0.25, -0.2) is 5.43 Å². The Morgan fingerprint density at radius 2 is 1.92 bits per heavy atom. The van der Waals surface area contributed by atoms with Gasteiger partial charge >= 0.3 is 0 Å². The van der Waals surface area contributed by atoms with E-state index >= 15 is 0 Å². The first kappa shape index (κ1) is 19.0. The molecule has 5 heteroatoms. The number of nitrogens with zero attached hydrogens (tertiary/aromatic N) is 1. The van der Waals surface area contributed by atoms with Gasteiger partial charge in [-0.3, -0.25) is 4.79 Å². The minimum atomic E-state index is -0.668. The number of halogens is 1. The quantitative estimate of drug-likeness (QED) is 0.609. The van der Waals surface area contributed by atoms with E-state index in [1.807, 2.05) is 26.0 Å². The van der Waals surface area contributed by atoms with Crippen LogP contribution in [0.3, 0.4) is 0 Å². The number of hydrogen-bond donors (Lipinski definition) is 1. The van der Waals surface area contributed by atoms with Crippen molar-refractivity contribution in [3.8, 4) is 5.75 Å². The lowest BCUT2D eigenvalue weighted by atomic mass is 10.1. The van der Waals surface area contributed by atoms with Crippen LogP contribution in [0.1, 0.15) is 37.5 Å². The fraction of sp³-hybridized carbons (Fsp3) is 0.300. The molecule has 0 radical (unpaired) electrons. The third kappa shape index (κ3) is 5.33. The predicted molar refractivity (Wildman–Crippen MR) is 102 cm³/mol. The molecule has 1 unspecified atom stereocenters. The number of hydrazone groups is 1. The summed E-state index contributed by atoms with van der Waals surface area (Å²) in [6.07, 6.45) is 0.325. The Morgan fingerprint density at radius 1 is 1.24 bits per heavy atom. The third-order valence-corrected chi connectivity index (χ3v) is 4.16. The molecule has 2 rings (SSSR count). The van der Waals surface area contributed by atoms with Gasteiger partial charge in [-0.1, -0.05) is 42.8 Å². The minimum absolute atomic E-state index is 0.307. The molecule has 0 aliphatic rings. The van der Waals surface area contributed by atoms with Crippen LogP contribution in [0, 0.1) is 6.92 Å². The Bertz CT molecular complexity index is 770. The molecule has 132 valence electrons. The van der Waals surface area contributed by atoms with E-state index in [4.69, 9.17) is 16.3 Å². The van der Waals surface area contributed by atoms with E-state index in [1.54, 1.807) is 25.1 Å². The van der Waals surface area contributed by atoms with Crippen LogP contribution in [0.5, 0.6) is 5.75 Å². The average Bonchev–Trinajstić information content (AvgIpc) is 2.61. The van der Waals surface area contributed by atoms with E-state index < -0.39 is 6.10 Å². The second kappa shape index (κ2) is 8.67. The van der Waals surface area contributed by atoms with Gasteiger partial charge in [0.1, 0.15) is 5.75 Å². The fourth-order valence-corrected chi connectivity index (χ4v) is 2.49. The van der Waals surface area contributed by atoms with E-state index in [-0.39, 0.29) is 5.91 Å². The molecular formula is C20H23ClN2O2. The zero-order valence-corrected chi connectivity index (χ0v) is 15.7. The van der Waals surface area contributed by atoms with Crippen molar-refractivity contribution in [3.63, 3.8) is 0 Å². The smallest absolute Gasteiger partial charge is 0.280 e. The van der Waals surface area contributed by atoms with E-state index in [1.165, 1.54) is 5.56 Å². The molecule has 0 spiro atoms. The normalized spacial score (nSPS) is 12.6. The van der Waals surface area contributed by atoms with Gasteiger partial charge in [-0.05, 0) is 62.1 Å². The van der Waals surface area contributed by atoms with E-state index in [0.29, 0.717) is 10.8 Å². The second-order valence-corrected chi connectivity index (χ2v) is 6.33. The number of nitrogens with one attached hydrogen (secondary N) is 1. The molecule has 0 fully saturated rings. The molecule has 1 N–H and O–H groups in total. The molecule has 0 aliphatic heterocycles. The largest absolute Gasteiger partial charge is 0.481 e. The van der Waals surface area contributed by atoms with E-state index in [0.717, 1.165) is 23.3 Å². The van der Waals surface area contributed by atoms with Crippen LogP contribution in [0.15, 0.2) is 47.6 Å². The number of amides is 1. The summed E-state index contributed by atoms with van der Waals surface area (Å²) in [5, 5.41) is 4.80. The SMILES string of the molecule is CCc1ccc(/C(C)=N/NC(=O)C(C)Oc2ccc(Cl)cc2C)cc1. The van der Waals surface area contributed by atoms with E-state index in [2.05, 4.69) is 29.6 Å². The summed E-state index contributed by atoms with van der Waals surface area (Å²) in [5.74, 6) is 0.321. The standard InChI is InChI=1S/C20H23ClN2O2/c1-5-16-6-8-17(9-7-16)14(3)22-23-20(24)15(4)25-19-11-10-18(21)12-13(19)2/h6-12,15H,5H2,1-4H3,(H,23,24)/b22-14+. The van der Waals surface area contributed by atoms with Crippen molar-refractivity contribution in [2.45, 2.75) is 40.2 Å². The molecule has 0 aromatic heterocycles. The zero-order valence-electron chi connectivity index (χ0n) is 15.0. The third-order valence-electron chi connectivity index (χ3n) is 3.92. The fourth-order valence-electron chi connectivity index (χ4n) is 2.27. The van der Waals surface area contributed by atoms with Gasteiger partial charge in [0.15, 0.2) is 6.10 Å². The molecule has 0 saturated carbocycles. The topological polar surface area (TPSA) is 50.7 Å². The highest BCUT2D eigenvalue weighted by molar-refractivity contribution is 6.30. The van der Waals surface area contributed by atoms with Crippen molar-refractivity contribution in [2.75, 3.05) is 0 Å². The summed E-state index contributed by atoms with van der Waals surface area (Å²) >= 11 is 5.93. The number of benzene rings is 2. The van der Waals surface area contributed by atoms with Crippen LogP contribution in [-0.4, -0.2) is 17.7 Å². The minimum Gasteiger partial charge on any atom is -0.481 e. The van der Waals surface area contributed by atoms with Gasteiger partial charge in [0.25, 0.3) is 5.91 Å². The molecule has 25 heavy (non-hydrogen) atoms. The van der Waals surface area contributed by atoms with Crippen molar-refractivity contribution in [3.05, 3.63) is 64.2 Å². The summed E-state index contributed by atoms with van der Waals surface area (Å²) in [4.78, 5) is 12.2. The highest BCUT2D eigenvalue weighted by Crippen LogP contribution is 2.22. The molecule has 2 aromatic carbocycles. The van der Waals surface area contributed by atoms with Crippen LogP contribution >= 0.6 is 11.6 Å². The molecular weight excluding hydrogens is 336 g/mol. The Hall–Kier alpha value is -2.33. The molecule has 2 aromatic rings. The summed E-state index contributed by atoms with van der Waals surface area (Å²) < 4.78 is 5.69. The van der Waals surface area contributed by atoms with Crippen LogP contribution in [0.4, 0.5) is 0 Å². The van der Waals surface area contributed by atoms with Crippen molar-refractivity contribution in [1.82, 2.24) is 5.43 Å². The molecule has 0 heterocycles. The monoisotopic (exact) mass is 358 g/mol. The Balaban J connectivity index is 1.97. The van der Waals surface area contributed by atoms with Crippen LogP contribution in [0.2, 0.25) is 5.02 Å². The number of rotatable bonds is 6. The summed E-state index contributed by atoms with van der Waals surface area (Å²) in [6.45, 7) is 7.54. The number of hydrogen-bond acceptors (Lipinski definition) is 3. The number of carbonyl (C=O) groups is 1. The molecule has 0 saturated heterocycles. The van der Waals surface area contributed by atoms with Gasteiger partial charge in [0, 0.05) is 5.02 Å². The summed E-state index contributed by atoms with van der Waals surface area (Å²) in [6, 6.07) is 13.4. The molecule has 4 nitrogen and oxygen atoms in total. The van der Waals surface area contributed by atoms with Crippen molar-refractivity contribution < 1.29 is 9.53 Å². The number of ether oxygens (including phenoxy) is 1. The lowest BCUT2D eigenvalue weighted by Crippen LogP contribution is -2.34.